The largest absolute Gasteiger partial charge is 0.442 e. The third-order valence-corrected chi connectivity index (χ3v) is 4.81. The van der Waals surface area contributed by atoms with Gasteiger partial charge in [-0.15, -0.1) is 10.2 Å². The van der Waals surface area contributed by atoms with Gasteiger partial charge in [0.25, 0.3) is 0 Å². The first-order valence-electron chi connectivity index (χ1n) is 9.38. The first kappa shape index (κ1) is 18.8. The molecule has 1 unspecified atom stereocenters. The second kappa shape index (κ2) is 7.55. The number of benzene rings is 1. The summed E-state index contributed by atoms with van der Waals surface area (Å²) in [7, 11) is 1.66. The summed E-state index contributed by atoms with van der Waals surface area (Å²) in [6.45, 7) is 0.667. The van der Waals surface area contributed by atoms with Crippen LogP contribution in [0, 0.1) is 5.82 Å². The number of pyridine rings is 1. The van der Waals surface area contributed by atoms with Gasteiger partial charge >= 0.3 is 6.09 Å². The summed E-state index contributed by atoms with van der Waals surface area (Å²) in [4.78, 5) is 23.2. The van der Waals surface area contributed by atoms with Crippen LogP contribution in [0.15, 0.2) is 49.2 Å². The van der Waals surface area contributed by atoms with Crippen LogP contribution in [0.25, 0.3) is 22.6 Å². The summed E-state index contributed by atoms with van der Waals surface area (Å²) in [5, 5.41) is 15.8. The Morgan fingerprint density at radius 2 is 2.16 bits per heavy atom. The zero-order chi connectivity index (χ0) is 21.4. The molecule has 0 spiro atoms. The van der Waals surface area contributed by atoms with E-state index in [1.54, 1.807) is 48.5 Å². The van der Waals surface area contributed by atoms with Crippen molar-refractivity contribution in [3.63, 3.8) is 0 Å². The fourth-order valence-electron chi connectivity index (χ4n) is 3.34. The van der Waals surface area contributed by atoms with Gasteiger partial charge in [0.05, 0.1) is 25.8 Å². The molecular weight excluding hydrogens is 405 g/mol. The van der Waals surface area contributed by atoms with Gasteiger partial charge in [-0.05, 0) is 29.5 Å². The molecule has 1 saturated heterocycles. The monoisotopic (exact) mass is 421 g/mol. The normalized spacial score (nSPS) is 16.0. The molecule has 1 aromatic carbocycles. The van der Waals surface area contributed by atoms with Crippen molar-refractivity contribution in [2.75, 3.05) is 11.4 Å². The molecule has 0 N–H and O–H groups in total. The van der Waals surface area contributed by atoms with Crippen LogP contribution >= 0.6 is 0 Å². The van der Waals surface area contributed by atoms with Crippen LogP contribution in [0.5, 0.6) is 0 Å². The lowest BCUT2D eigenvalue weighted by molar-refractivity contribution is 0.129. The molecule has 1 aliphatic heterocycles. The zero-order valence-corrected chi connectivity index (χ0v) is 16.3. The lowest BCUT2D eigenvalue weighted by Crippen LogP contribution is -2.26. The number of amides is 1. The molecule has 12 heteroatoms. The minimum Gasteiger partial charge on any atom is -0.442 e. The van der Waals surface area contributed by atoms with E-state index >= 15 is 0 Å². The highest BCUT2D eigenvalue weighted by molar-refractivity contribution is 5.90. The van der Waals surface area contributed by atoms with Gasteiger partial charge in [-0.25, -0.2) is 18.9 Å². The molecule has 1 aliphatic rings. The molecule has 156 valence electrons. The molecule has 0 saturated carbocycles. The van der Waals surface area contributed by atoms with E-state index in [1.807, 2.05) is 0 Å². The van der Waals surface area contributed by atoms with Crippen LogP contribution in [0.2, 0.25) is 0 Å². The van der Waals surface area contributed by atoms with Crippen molar-refractivity contribution in [1.29, 1.82) is 0 Å². The lowest BCUT2D eigenvalue weighted by atomic mass is 10.1. The number of hydrogen-bond acceptors (Lipinski definition) is 8. The van der Waals surface area contributed by atoms with Crippen molar-refractivity contribution in [3.8, 4) is 22.6 Å². The van der Waals surface area contributed by atoms with E-state index in [-0.39, 0.29) is 0 Å². The summed E-state index contributed by atoms with van der Waals surface area (Å²) in [6.07, 6.45) is 3.57. The number of aryl methyl sites for hydroxylation is 1. The number of hydrogen-bond donors (Lipinski definition) is 0. The van der Waals surface area contributed by atoms with E-state index in [0.29, 0.717) is 41.4 Å². The molecule has 0 bridgehead atoms. The fraction of sp³-hybridized carbons (Fsp3) is 0.211. The Balaban J connectivity index is 1.33. The van der Waals surface area contributed by atoms with Crippen molar-refractivity contribution in [3.05, 3.63) is 55.0 Å². The summed E-state index contributed by atoms with van der Waals surface area (Å²) < 4.78 is 21.8. The third-order valence-electron chi connectivity index (χ3n) is 4.81. The van der Waals surface area contributed by atoms with Gasteiger partial charge < -0.3 is 4.74 Å². The molecule has 31 heavy (non-hydrogen) atoms. The van der Waals surface area contributed by atoms with Crippen LogP contribution in [-0.4, -0.2) is 58.7 Å². The first-order valence-corrected chi connectivity index (χ1v) is 9.38. The molecule has 0 radical (unpaired) electrons. The molecule has 4 aromatic rings. The minimum atomic E-state index is -0.528. The SMILES string of the molecule is Cn1nnc(-c2ccc(-c3ccc(N4CC(Cn5cncn5)OC4=O)cc3F)cn2)n1. The molecule has 1 atom stereocenters. The molecule has 3 aromatic heterocycles. The third kappa shape index (κ3) is 3.70. The Morgan fingerprint density at radius 1 is 1.26 bits per heavy atom. The van der Waals surface area contributed by atoms with Crippen LogP contribution in [0.3, 0.4) is 0 Å². The highest BCUT2D eigenvalue weighted by atomic mass is 19.1. The van der Waals surface area contributed by atoms with Gasteiger partial charge in [0.1, 0.15) is 30.3 Å². The van der Waals surface area contributed by atoms with Gasteiger partial charge in [0.2, 0.25) is 5.82 Å². The number of nitrogens with zero attached hydrogens (tertiary/aromatic N) is 9. The number of anilines is 1. The predicted octanol–water partition coefficient (Wildman–Crippen LogP) is 1.70. The van der Waals surface area contributed by atoms with Crippen molar-refractivity contribution < 1.29 is 13.9 Å². The van der Waals surface area contributed by atoms with E-state index in [4.69, 9.17) is 4.74 Å². The summed E-state index contributed by atoms with van der Waals surface area (Å²) in [5.41, 5.74) is 1.90. The number of halogens is 1. The smallest absolute Gasteiger partial charge is 0.414 e. The number of aromatic nitrogens is 8. The van der Waals surface area contributed by atoms with Crippen LogP contribution < -0.4 is 4.90 Å². The van der Waals surface area contributed by atoms with E-state index in [9.17, 15) is 9.18 Å². The van der Waals surface area contributed by atoms with Crippen molar-refractivity contribution in [2.45, 2.75) is 12.6 Å². The second-order valence-electron chi connectivity index (χ2n) is 6.93. The average Bonchev–Trinajstić information content (AvgIpc) is 3.51. The molecule has 11 nitrogen and oxygen atoms in total. The second-order valence-corrected chi connectivity index (χ2v) is 6.93. The quantitative estimate of drug-likeness (QED) is 0.478. The highest BCUT2D eigenvalue weighted by Crippen LogP contribution is 2.29. The summed E-state index contributed by atoms with van der Waals surface area (Å²) >= 11 is 0. The highest BCUT2D eigenvalue weighted by Gasteiger charge is 2.33. The average molecular weight is 421 g/mol. The summed E-state index contributed by atoms with van der Waals surface area (Å²) in [5.74, 6) is -0.0879. The zero-order valence-electron chi connectivity index (χ0n) is 16.3. The first-order chi connectivity index (χ1) is 15.1. The van der Waals surface area contributed by atoms with Crippen molar-refractivity contribution in [2.24, 2.45) is 7.05 Å². The van der Waals surface area contributed by atoms with Gasteiger partial charge in [0.15, 0.2) is 0 Å². The minimum absolute atomic E-state index is 0.291. The Kier molecular flexibility index (Phi) is 4.58. The van der Waals surface area contributed by atoms with Crippen LogP contribution in [0.4, 0.5) is 14.9 Å². The number of tetrazole rings is 1. The molecule has 4 heterocycles. The number of rotatable bonds is 5. The van der Waals surface area contributed by atoms with Gasteiger partial charge in [-0.2, -0.15) is 9.90 Å². The van der Waals surface area contributed by atoms with Crippen molar-refractivity contribution in [1.82, 2.24) is 40.0 Å². The number of carbonyl (C=O) groups excluding carboxylic acids is 1. The number of cyclic esters (lactones) is 1. The van der Waals surface area contributed by atoms with Gasteiger partial charge in [-0.1, -0.05) is 6.07 Å². The maximum Gasteiger partial charge on any atom is 0.414 e. The van der Waals surface area contributed by atoms with E-state index in [1.165, 1.54) is 22.1 Å². The molecular formula is C19H16FN9O2. The topological polar surface area (TPSA) is 117 Å². The number of ether oxygens (including phenoxy) is 1. The molecule has 1 fully saturated rings. The van der Waals surface area contributed by atoms with Crippen LogP contribution in [-0.2, 0) is 18.3 Å². The predicted molar refractivity (Wildman–Crippen MR) is 105 cm³/mol. The maximum atomic E-state index is 14.9. The van der Waals surface area contributed by atoms with Gasteiger partial charge in [0, 0.05) is 17.3 Å². The van der Waals surface area contributed by atoms with E-state index in [2.05, 4.69) is 30.5 Å². The Bertz CT molecular complexity index is 1220. The van der Waals surface area contributed by atoms with Crippen LogP contribution in [0.1, 0.15) is 0 Å². The molecule has 0 aliphatic carbocycles. The van der Waals surface area contributed by atoms with Gasteiger partial charge in [-0.3, -0.25) is 9.88 Å². The lowest BCUT2D eigenvalue weighted by Gasteiger charge is -2.14. The van der Waals surface area contributed by atoms with Crippen molar-refractivity contribution >= 4 is 11.8 Å². The standard InChI is InChI=1S/C19H16FN9O2/c1-27-25-18(24-26-27)17-5-2-12(7-22-17)15-4-3-13(6-16(15)20)29-9-14(31-19(29)30)8-28-11-21-10-23-28/h2-7,10-11,14H,8-9H2,1H3. The molecule has 1 amide bonds. The summed E-state index contributed by atoms with van der Waals surface area (Å²) in [6, 6.07) is 8.03. The number of carbonyl (C=O) groups is 1. The Hall–Kier alpha value is -4.22. The van der Waals surface area contributed by atoms with E-state index in [0.717, 1.165) is 0 Å². The maximum absolute atomic E-state index is 14.9. The fourth-order valence-corrected chi connectivity index (χ4v) is 3.34. The van der Waals surface area contributed by atoms with E-state index < -0.39 is 18.0 Å². The Morgan fingerprint density at radius 3 is 2.84 bits per heavy atom. The Labute approximate surface area is 175 Å². The molecule has 5 rings (SSSR count).